The van der Waals surface area contributed by atoms with Crippen molar-refractivity contribution in [2.24, 2.45) is 5.73 Å². The molecule has 0 aliphatic heterocycles. The molecule has 0 unspecified atom stereocenters. The van der Waals surface area contributed by atoms with E-state index in [0.717, 1.165) is 9.87 Å². The van der Waals surface area contributed by atoms with Crippen LogP contribution >= 0.6 is 23.2 Å². The van der Waals surface area contributed by atoms with Gasteiger partial charge in [-0.05, 0) is 41.5 Å². The molecule has 0 atom stereocenters. The van der Waals surface area contributed by atoms with Crippen LogP contribution < -0.4 is 19.5 Å². The van der Waals surface area contributed by atoms with Gasteiger partial charge < -0.3 is 15.2 Å². The molecular formula is C23H22Cl2N2O5S. The number of carbonyl (C=O) groups excluding carboxylic acids is 1. The van der Waals surface area contributed by atoms with E-state index in [-0.39, 0.29) is 16.3 Å². The number of rotatable bonds is 9. The second-order valence-electron chi connectivity index (χ2n) is 7.04. The zero-order chi connectivity index (χ0) is 24.2. The van der Waals surface area contributed by atoms with Crippen molar-refractivity contribution in [3.8, 4) is 11.5 Å². The predicted octanol–water partition coefficient (Wildman–Crippen LogP) is 4.28. The van der Waals surface area contributed by atoms with Crippen LogP contribution in [0.25, 0.3) is 0 Å². The molecule has 0 spiro atoms. The monoisotopic (exact) mass is 508 g/mol. The Balaban J connectivity index is 2.16. The Labute approximate surface area is 202 Å². The number of nitrogens with two attached hydrogens (primary N) is 1. The fraction of sp³-hybridized carbons (Fsp3) is 0.174. The summed E-state index contributed by atoms with van der Waals surface area (Å²) in [6.45, 7) is -0.591. The number of benzene rings is 3. The molecule has 3 aromatic rings. The van der Waals surface area contributed by atoms with Crippen LogP contribution in [0.2, 0.25) is 10.0 Å². The van der Waals surface area contributed by atoms with Gasteiger partial charge in [-0.3, -0.25) is 9.10 Å². The van der Waals surface area contributed by atoms with Gasteiger partial charge in [0.15, 0.2) is 11.5 Å². The SMILES string of the molecule is COc1ccc(S(=O)(=O)N(CC(N)=O)c2cc(Cl)ccc2Cc2ccccc2Cl)cc1OC. The van der Waals surface area contributed by atoms with Crippen molar-refractivity contribution in [2.75, 3.05) is 25.1 Å². The number of halogens is 2. The number of amides is 1. The molecule has 0 bridgehead atoms. The predicted molar refractivity (Wildman–Crippen MR) is 129 cm³/mol. The Kier molecular flexibility index (Phi) is 7.73. The van der Waals surface area contributed by atoms with E-state index in [2.05, 4.69) is 0 Å². The minimum absolute atomic E-state index is 0.106. The van der Waals surface area contributed by atoms with Crippen LogP contribution in [0.15, 0.2) is 65.6 Å². The van der Waals surface area contributed by atoms with Crippen molar-refractivity contribution < 1.29 is 22.7 Å². The van der Waals surface area contributed by atoms with Gasteiger partial charge in [-0.1, -0.05) is 47.5 Å². The number of hydrogen-bond acceptors (Lipinski definition) is 5. The summed E-state index contributed by atoms with van der Waals surface area (Å²) in [7, 11) is -1.40. The van der Waals surface area contributed by atoms with Gasteiger partial charge in [0, 0.05) is 22.5 Å². The first kappa shape index (κ1) is 24.7. The maximum atomic E-state index is 13.7. The van der Waals surface area contributed by atoms with Crippen molar-refractivity contribution in [3.05, 3.63) is 81.8 Å². The second-order valence-corrected chi connectivity index (χ2v) is 9.74. The average Bonchev–Trinajstić information content (AvgIpc) is 2.79. The van der Waals surface area contributed by atoms with Crippen LogP contribution in [-0.4, -0.2) is 35.1 Å². The van der Waals surface area contributed by atoms with Crippen LogP contribution in [-0.2, 0) is 21.2 Å². The van der Waals surface area contributed by atoms with Gasteiger partial charge in [-0.2, -0.15) is 0 Å². The van der Waals surface area contributed by atoms with Crippen molar-refractivity contribution in [1.29, 1.82) is 0 Å². The number of primary amides is 1. The number of anilines is 1. The highest BCUT2D eigenvalue weighted by Crippen LogP contribution is 2.35. The molecule has 3 rings (SSSR count). The molecule has 174 valence electrons. The van der Waals surface area contributed by atoms with Crippen molar-refractivity contribution in [1.82, 2.24) is 0 Å². The first-order valence-corrected chi connectivity index (χ1v) is 11.9. The van der Waals surface area contributed by atoms with E-state index in [9.17, 15) is 13.2 Å². The number of hydrogen-bond donors (Lipinski definition) is 1. The van der Waals surface area contributed by atoms with Gasteiger partial charge >= 0.3 is 0 Å². The number of nitrogens with zero attached hydrogens (tertiary/aromatic N) is 1. The van der Waals surface area contributed by atoms with E-state index in [4.69, 9.17) is 38.4 Å². The topological polar surface area (TPSA) is 98.9 Å². The molecule has 10 heteroatoms. The summed E-state index contributed by atoms with van der Waals surface area (Å²) in [4.78, 5) is 11.8. The van der Waals surface area contributed by atoms with Crippen LogP contribution in [0.3, 0.4) is 0 Å². The molecule has 0 aliphatic rings. The van der Waals surface area contributed by atoms with E-state index in [0.29, 0.717) is 27.8 Å². The van der Waals surface area contributed by atoms with E-state index in [1.807, 2.05) is 12.1 Å². The zero-order valence-corrected chi connectivity index (χ0v) is 20.2. The summed E-state index contributed by atoms with van der Waals surface area (Å²) in [6.07, 6.45) is 0.308. The number of sulfonamides is 1. The van der Waals surface area contributed by atoms with E-state index >= 15 is 0 Å². The lowest BCUT2D eigenvalue weighted by molar-refractivity contribution is -0.116. The number of ether oxygens (including phenoxy) is 2. The normalized spacial score (nSPS) is 11.2. The van der Waals surface area contributed by atoms with Crippen LogP contribution in [0.1, 0.15) is 11.1 Å². The molecule has 0 aromatic heterocycles. The lowest BCUT2D eigenvalue weighted by Gasteiger charge is -2.26. The summed E-state index contributed by atoms with van der Waals surface area (Å²) in [5.41, 5.74) is 7.02. The highest BCUT2D eigenvalue weighted by Gasteiger charge is 2.29. The quantitative estimate of drug-likeness (QED) is 0.464. The molecule has 0 aliphatic carbocycles. The maximum Gasteiger partial charge on any atom is 0.264 e. The number of methoxy groups -OCH3 is 2. The van der Waals surface area contributed by atoms with E-state index < -0.39 is 22.5 Å². The molecule has 33 heavy (non-hydrogen) atoms. The summed E-state index contributed by atoms with van der Waals surface area (Å²) in [5, 5.41) is 0.826. The number of carbonyl (C=O) groups is 1. The summed E-state index contributed by atoms with van der Waals surface area (Å²) >= 11 is 12.5. The summed E-state index contributed by atoms with van der Waals surface area (Å²) in [5.74, 6) is -0.247. The lowest BCUT2D eigenvalue weighted by Crippen LogP contribution is -2.39. The Morgan fingerprint density at radius 3 is 2.27 bits per heavy atom. The fourth-order valence-corrected chi connectivity index (χ4v) is 5.16. The molecule has 0 radical (unpaired) electrons. The first-order valence-electron chi connectivity index (χ1n) is 9.72. The third-order valence-electron chi connectivity index (χ3n) is 4.90. The van der Waals surface area contributed by atoms with Gasteiger partial charge in [0.25, 0.3) is 10.0 Å². The summed E-state index contributed by atoms with van der Waals surface area (Å²) in [6, 6.07) is 16.2. The fourth-order valence-electron chi connectivity index (χ4n) is 3.31. The zero-order valence-electron chi connectivity index (χ0n) is 17.9. The van der Waals surface area contributed by atoms with Crippen molar-refractivity contribution >= 4 is 44.8 Å². The largest absolute Gasteiger partial charge is 0.493 e. The van der Waals surface area contributed by atoms with Crippen LogP contribution in [0.4, 0.5) is 5.69 Å². The minimum atomic E-state index is -4.24. The highest BCUT2D eigenvalue weighted by molar-refractivity contribution is 7.92. The van der Waals surface area contributed by atoms with Gasteiger partial charge in [-0.25, -0.2) is 8.42 Å². The maximum absolute atomic E-state index is 13.7. The Morgan fingerprint density at radius 1 is 0.939 bits per heavy atom. The van der Waals surface area contributed by atoms with Crippen molar-refractivity contribution in [2.45, 2.75) is 11.3 Å². The molecule has 0 saturated heterocycles. The summed E-state index contributed by atoms with van der Waals surface area (Å²) < 4.78 is 38.7. The molecule has 0 saturated carbocycles. The molecule has 1 amide bonds. The van der Waals surface area contributed by atoms with Gasteiger partial charge in [0.1, 0.15) is 6.54 Å². The molecule has 0 heterocycles. The van der Waals surface area contributed by atoms with E-state index in [1.54, 1.807) is 24.3 Å². The van der Waals surface area contributed by atoms with Crippen molar-refractivity contribution in [3.63, 3.8) is 0 Å². The standard InChI is InChI=1S/C23H22Cl2N2O5S/c1-31-21-10-9-18(13-22(21)32-2)33(29,30)27(14-23(26)28)20-12-17(24)8-7-16(20)11-15-5-3-4-6-19(15)25/h3-10,12-13H,11,14H2,1-2H3,(H2,26,28). The average molecular weight is 509 g/mol. The lowest BCUT2D eigenvalue weighted by atomic mass is 10.0. The molecule has 2 N–H and O–H groups in total. The van der Waals surface area contributed by atoms with Gasteiger partial charge in [0.2, 0.25) is 5.91 Å². The Hall–Kier alpha value is -2.94. The molecule has 0 fully saturated rings. The Bertz CT molecular complexity index is 1280. The Morgan fingerprint density at radius 2 is 1.64 bits per heavy atom. The van der Waals surface area contributed by atoms with E-state index in [1.165, 1.54) is 38.5 Å². The molecule has 7 nitrogen and oxygen atoms in total. The third kappa shape index (κ3) is 5.52. The third-order valence-corrected chi connectivity index (χ3v) is 7.26. The minimum Gasteiger partial charge on any atom is -0.493 e. The molecule has 3 aromatic carbocycles. The smallest absolute Gasteiger partial charge is 0.264 e. The highest BCUT2D eigenvalue weighted by atomic mass is 35.5. The van der Waals surface area contributed by atoms with Crippen LogP contribution in [0.5, 0.6) is 11.5 Å². The van der Waals surface area contributed by atoms with Gasteiger partial charge in [0.05, 0.1) is 24.8 Å². The van der Waals surface area contributed by atoms with Gasteiger partial charge in [-0.15, -0.1) is 0 Å². The molecular weight excluding hydrogens is 487 g/mol. The second kappa shape index (κ2) is 10.3. The first-order chi connectivity index (χ1) is 15.7. The van der Waals surface area contributed by atoms with Crippen LogP contribution in [0, 0.1) is 0 Å².